The molecule has 0 aliphatic carbocycles. The molecule has 2 aromatic rings. The second kappa shape index (κ2) is 5.80. The van der Waals surface area contributed by atoms with Gasteiger partial charge in [-0.15, -0.1) is 0 Å². The highest BCUT2D eigenvalue weighted by Crippen LogP contribution is 2.32. The summed E-state index contributed by atoms with van der Waals surface area (Å²) in [6.07, 6.45) is 0. The Morgan fingerprint density at radius 1 is 1.10 bits per heavy atom. The fourth-order valence-corrected chi connectivity index (χ4v) is 2.55. The number of alkyl halides is 1. The Hall–Kier alpha value is -1.96. The number of hydrogen-bond acceptors (Lipinski definition) is 1. The molecule has 0 bridgehead atoms. The van der Waals surface area contributed by atoms with Crippen molar-refractivity contribution in [2.45, 2.75) is 39.3 Å². The monoisotopic (exact) mass is 284 g/mol. The maximum atomic E-state index is 15.1. The van der Waals surface area contributed by atoms with E-state index in [-0.39, 0.29) is 0 Å². The van der Waals surface area contributed by atoms with Gasteiger partial charge < -0.3 is 0 Å². The molecule has 0 fully saturated rings. The van der Waals surface area contributed by atoms with E-state index >= 15 is 4.39 Å². The Morgan fingerprint density at radius 3 is 2.29 bits per heavy atom. The van der Waals surface area contributed by atoms with E-state index in [1.54, 1.807) is 30.3 Å². The van der Waals surface area contributed by atoms with Gasteiger partial charge in [0.05, 0.1) is 0 Å². The molecule has 2 heteroatoms. The van der Waals surface area contributed by atoms with Crippen LogP contribution in [0.2, 0.25) is 0 Å². The summed E-state index contributed by atoms with van der Waals surface area (Å²) in [5.41, 5.74) is 1.01. The molecule has 2 aromatic carbocycles. The second-order valence-corrected chi connectivity index (χ2v) is 5.92. The Labute approximate surface area is 125 Å². The lowest BCUT2D eigenvalue weighted by atomic mass is 9.86. The lowest BCUT2D eigenvalue weighted by Gasteiger charge is -2.22. The molecular formula is C19H21FO. The van der Waals surface area contributed by atoms with E-state index in [1.165, 1.54) is 6.92 Å². The van der Waals surface area contributed by atoms with Crippen LogP contribution in [0.5, 0.6) is 0 Å². The third kappa shape index (κ3) is 3.05. The minimum atomic E-state index is -2.02. The van der Waals surface area contributed by atoms with E-state index in [1.807, 2.05) is 25.1 Å². The number of rotatable bonds is 4. The Kier molecular flexibility index (Phi) is 4.26. The molecule has 0 radical (unpaired) electrons. The van der Waals surface area contributed by atoms with Gasteiger partial charge in [-0.3, -0.25) is 4.79 Å². The summed E-state index contributed by atoms with van der Waals surface area (Å²) >= 11 is 0. The molecule has 0 amide bonds. The molecule has 0 aliphatic heterocycles. The smallest absolute Gasteiger partial charge is 0.204 e. The van der Waals surface area contributed by atoms with E-state index in [4.69, 9.17) is 0 Å². The van der Waals surface area contributed by atoms with Gasteiger partial charge >= 0.3 is 0 Å². The number of aryl methyl sites for hydroxylation is 1. The summed E-state index contributed by atoms with van der Waals surface area (Å²) in [6, 6.07) is 14.0. The van der Waals surface area contributed by atoms with Gasteiger partial charge in [0.1, 0.15) is 0 Å². The lowest BCUT2D eigenvalue weighted by molar-refractivity contribution is 0.0719. The fourth-order valence-electron chi connectivity index (χ4n) is 2.55. The van der Waals surface area contributed by atoms with Gasteiger partial charge in [-0.25, -0.2) is 4.39 Å². The molecule has 0 aliphatic rings. The Balaban J connectivity index is 2.44. The van der Waals surface area contributed by atoms with Crippen molar-refractivity contribution < 1.29 is 9.18 Å². The predicted molar refractivity (Wildman–Crippen MR) is 84.5 cm³/mol. The molecule has 21 heavy (non-hydrogen) atoms. The number of Topliss-reactive ketones (excluding diaryl/α,β-unsaturated/α-hetero) is 1. The summed E-state index contributed by atoms with van der Waals surface area (Å²) < 4.78 is 15.1. The topological polar surface area (TPSA) is 17.1 Å². The van der Waals surface area contributed by atoms with E-state index in [0.29, 0.717) is 17.0 Å². The molecule has 0 heterocycles. The first kappa shape index (κ1) is 15.4. The van der Waals surface area contributed by atoms with E-state index in [2.05, 4.69) is 13.8 Å². The first-order chi connectivity index (χ1) is 9.84. The molecule has 1 atom stereocenters. The maximum Gasteiger partial charge on any atom is 0.204 e. The summed E-state index contributed by atoms with van der Waals surface area (Å²) in [5, 5.41) is 0. The second-order valence-electron chi connectivity index (χ2n) is 5.92. The molecule has 0 N–H and O–H groups in total. The molecule has 0 spiro atoms. The minimum Gasteiger partial charge on any atom is -0.290 e. The highest BCUT2D eigenvalue weighted by atomic mass is 19.1. The van der Waals surface area contributed by atoms with Crippen LogP contribution in [0, 0.1) is 6.92 Å². The minimum absolute atomic E-state index is 0.299. The molecule has 1 nitrogen and oxygen atoms in total. The third-order valence-corrected chi connectivity index (χ3v) is 3.91. The Bertz CT molecular complexity index is 642. The molecule has 0 saturated heterocycles. The van der Waals surface area contributed by atoms with E-state index in [9.17, 15) is 4.79 Å². The maximum absolute atomic E-state index is 15.1. The molecular weight excluding hydrogens is 263 g/mol. The van der Waals surface area contributed by atoms with Crippen molar-refractivity contribution in [3.63, 3.8) is 0 Å². The van der Waals surface area contributed by atoms with Gasteiger partial charge in [-0.05, 0) is 36.5 Å². The van der Waals surface area contributed by atoms with Gasteiger partial charge in [0, 0.05) is 5.56 Å². The van der Waals surface area contributed by atoms with Crippen LogP contribution in [0.4, 0.5) is 4.39 Å². The number of halogens is 1. The summed E-state index contributed by atoms with van der Waals surface area (Å²) in [5.74, 6) is -0.200. The van der Waals surface area contributed by atoms with Crippen LogP contribution in [0.3, 0.4) is 0 Å². The third-order valence-electron chi connectivity index (χ3n) is 3.91. The number of carbonyl (C=O) groups is 1. The predicted octanol–water partition coefficient (Wildman–Crippen LogP) is 5.19. The largest absolute Gasteiger partial charge is 0.290 e. The zero-order valence-electron chi connectivity index (χ0n) is 13.0. The fraction of sp³-hybridized carbons (Fsp3) is 0.316. The molecule has 2 rings (SSSR count). The van der Waals surface area contributed by atoms with E-state index < -0.39 is 11.5 Å². The molecule has 0 saturated carbocycles. The van der Waals surface area contributed by atoms with Crippen LogP contribution in [-0.4, -0.2) is 5.78 Å². The highest BCUT2D eigenvalue weighted by Gasteiger charge is 2.36. The average Bonchev–Trinajstić information content (AvgIpc) is 2.47. The van der Waals surface area contributed by atoms with Crippen molar-refractivity contribution in [1.29, 1.82) is 0 Å². The van der Waals surface area contributed by atoms with Crippen molar-refractivity contribution >= 4 is 5.78 Å². The number of carbonyl (C=O) groups excluding carboxylic acids is 1. The van der Waals surface area contributed by atoms with Crippen LogP contribution in [0.15, 0.2) is 48.5 Å². The van der Waals surface area contributed by atoms with Crippen LogP contribution in [0.25, 0.3) is 0 Å². The van der Waals surface area contributed by atoms with Gasteiger partial charge in [0.25, 0.3) is 0 Å². The lowest BCUT2D eigenvalue weighted by Crippen LogP contribution is -2.27. The zero-order chi connectivity index (χ0) is 15.6. The van der Waals surface area contributed by atoms with E-state index in [0.717, 1.165) is 11.1 Å². The van der Waals surface area contributed by atoms with Crippen molar-refractivity contribution in [1.82, 2.24) is 0 Å². The van der Waals surface area contributed by atoms with Gasteiger partial charge in [-0.1, -0.05) is 62.4 Å². The Morgan fingerprint density at radius 2 is 1.71 bits per heavy atom. The van der Waals surface area contributed by atoms with Gasteiger partial charge in [-0.2, -0.15) is 0 Å². The summed E-state index contributed by atoms with van der Waals surface area (Å²) in [4.78, 5) is 12.5. The highest BCUT2D eigenvalue weighted by molar-refractivity contribution is 6.02. The van der Waals surface area contributed by atoms with Crippen LogP contribution >= 0.6 is 0 Å². The molecule has 0 aromatic heterocycles. The first-order valence-electron chi connectivity index (χ1n) is 7.24. The normalized spacial score (nSPS) is 14.0. The quantitative estimate of drug-likeness (QED) is 0.706. The van der Waals surface area contributed by atoms with Crippen molar-refractivity contribution in [3.8, 4) is 0 Å². The standard InChI is InChI=1S/C19H21FO/c1-13(2)17-12-16(11-10-14(17)3)19(4,20)18(21)15-8-6-5-7-9-15/h5-13H,1-4H3. The molecule has 110 valence electrons. The van der Waals surface area contributed by atoms with Gasteiger partial charge in [0.15, 0.2) is 5.67 Å². The van der Waals surface area contributed by atoms with Crippen LogP contribution in [-0.2, 0) is 5.67 Å². The number of hydrogen-bond donors (Lipinski definition) is 0. The first-order valence-corrected chi connectivity index (χ1v) is 7.24. The number of benzene rings is 2. The number of ketones is 1. The SMILES string of the molecule is Cc1ccc(C(C)(F)C(=O)c2ccccc2)cc1C(C)C. The van der Waals surface area contributed by atoms with Crippen LogP contribution < -0.4 is 0 Å². The zero-order valence-corrected chi connectivity index (χ0v) is 13.0. The van der Waals surface area contributed by atoms with Crippen LogP contribution in [0.1, 0.15) is 53.7 Å². The van der Waals surface area contributed by atoms with Crippen molar-refractivity contribution in [3.05, 3.63) is 70.8 Å². The average molecular weight is 284 g/mol. The van der Waals surface area contributed by atoms with Gasteiger partial charge in [0.2, 0.25) is 5.78 Å². The molecule has 1 unspecified atom stereocenters. The van der Waals surface area contributed by atoms with Crippen molar-refractivity contribution in [2.75, 3.05) is 0 Å². The summed E-state index contributed by atoms with van der Waals surface area (Å²) in [7, 11) is 0. The summed E-state index contributed by atoms with van der Waals surface area (Å²) in [6.45, 7) is 7.49. The van der Waals surface area contributed by atoms with Crippen molar-refractivity contribution in [2.24, 2.45) is 0 Å².